The fraction of sp³-hybridized carbons (Fsp3) is 0.615. The molecule has 0 aromatic carbocycles. The molecule has 5 nitrogen and oxygen atoms in total. The predicted octanol–water partition coefficient (Wildman–Crippen LogP) is 0.606. The van der Waals surface area contributed by atoms with Crippen LogP contribution in [0.2, 0.25) is 0 Å². The molecule has 0 unspecified atom stereocenters. The summed E-state index contributed by atoms with van der Waals surface area (Å²) in [6, 6.07) is 0.117. The fourth-order valence-electron chi connectivity index (χ4n) is 2.13. The lowest BCUT2D eigenvalue weighted by Crippen LogP contribution is -2.39. The van der Waals surface area contributed by atoms with Crippen LogP contribution in [0.5, 0.6) is 0 Å². The lowest BCUT2D eigenvalue weighted by atomic mass is 10.0. The molecule has 0 saturated heterocycles. The molecule has 1 aliphatic carbocycles. The van der Waals surface area contributed by atoms with Crippen LogP contribution in [0.3, 0.4) is 0 Å². The average molecular weight is 250 g/mol. The number of hydrogen-bond acceptors (Lipinski definition) is 3. The number of carbonyl (C=O) groups excluding carboxylic acids is 3. The molecule has 98 valence electrons. The molecule has 2 aliphatic rings. The molecule has 1 saturated carbocycles. The molecule has 0 bridgehead atoms. The van der Waals surface area contributed by atoms with Crippen LogP contribution in [-0.2, 0) is 14.4 Å². The van der Waals surface area contributed by atoms with Gasteiger partial charge in [-0.25, -0.2) is 0 Å². The zero-order valence-electron chi connectivity index (χ0n) is 10.7. The first-order valence-corrected chi connectivity index (χ1v) is 6.29. The molecule has 1 aliphatic heterocycles. The van der Waals surface area contributed by atoms with Crippen molar-refractivity contribution in [3.8, 4) is 0 Å². The van der Waals surface area contributed by atoms with Crippen molar-refractivity contribution in [3.63, 3.8) is 0 Å². The highest BCUT2D eigenvalue weighted by Crippen LogP contribution is 2.49. The van der Waals surface area contributed by atoms with Gasteiger partial charge in [-0.15, -0.1) is 0 Å². The molecule has 18 heavy (non-hydrogen) atoms. The highest BCUT2D eigenvalue weighted by Gasteiger charge is 2.49. The Morgan fingerprint density at radius 3 is 2.33 bits per heavy atom. The number of rotatable bonds is 5. The summed E-state index contributed by atoms with van der Waals surface area (Å²) in [5.74, 6) is -0.510. The SMILES string of the molecule is CC(C)NC(=O)C1(CCN2C(=O)C=CC2=O)CC1. The third-order valence-electron chi connectivity index (χ3n) is 3.47. The van der Waals surface area contributed by atoms with Gasteiger partial charge in [0.25, 0.3) is 11.8 Å². The third-order valence-corrected chi connectivity index (χ3v) is 3.47. The van der Waals surface area contributed by atoms with Crippen LogP contribution >= 0.6 is 0 Å². The van der Waals surface area contributed by atoms with Gasteiger partial charge in [0.15, 0.2) is 0 Å². The first-order valence-electron chi connectivity index (χ1n) is 6.29. The van der Waals surface area contributed by atoms with Gasteiger partial charge in [-0.2, -0.15) is 0 Å². The maximum Gasteiger partial charge on any atom is 0.253 e. The van der Waals surface area contributed by atoms with Crippen molar-refractivity contribution in [2.75, 3.05) is 6.54 Å². The molecule has 3 amide bonds. The van der Waals surface area contributed by atoms with Crippen LogP contribution in [0.15, 0.2) is 12.2 Å². The van der Waals surface area contributed by atoms with Gasteiger partial charge in [-0.1, -0.05) is 0 Å². The van der Waals surface area contributed by atoms with E-state index in [4.69, 9.17) is 0 Å². The molecule has 0 atom stereocenters. The van der Waals surface area contributed by atoms with Crippen molar-refractivity contribution >= 4 is 17.7 Å². The number of nitrogens with zero attached hydrogens (tertiary/aromatic N) is 1. The molecular weight excluding hydrogens is 232 g/mol. The topological polar surface area (TPSA) is 66.5 Å². The van der Waals surface area contributed by atoms with Gasteiger partial charge >= 0.3 is 0 Å². The second-order valence-electron chi connectivity index (χ2n) is 5.32. The largest absolute Gasteiger partial charge is 0.353 e. The van der Waals surface area contributed by atoms with Crippen molar-refractivity contribution in [3.05, 3.63) is 12.2 Å². The molecule has 1 fully saturated rings. The van der Waals surface area contributed by atoms with Crippen molar-refractivity contribution in [2.45, 2.75) is 39.2 Å². The Bertz CT molecular complexity index is 404. The van der Waals surface area contributed by atoms with E-state index in [0.717, 1.165) is 12.8 Å². The van der Waals surface area contributed by atoms with Gasteiger partial charge in [-0.05, 0) is 33.1 Å². The van der Waals surface area contributed by atoms with E-state index in [1.807, 2.05) is 13.8 Å². The summed E-state index contributed by atoms with van der Waals surface area (Å²) in [7, 11) is 0. The summed E-state index contributed by atoms with van der Waals surface area (Å²) >= 11 is 0. The second-order valence-corrected chi connectivity index (χ2v) is 5.32. The van der Waals surface area contributed by atoms with Crippen LogP contribution in [-0.4, -0.2) is 35.2 Å². The number of nitrogens with one attached hydrogen (secondary N) is 1. The van der Waals surface area contributed by atoms with E-state index in [-0.39, 0.29) is 29.2 Å². The van der Waals surface area contributed by atoms with Crippen LogP contribution in [0, 0.1) is 5.41 Å². The third kappa shape index (κ3) is 2.44. The smallest absolute Gasteiger partial charge is 0.253 e. The molecular formula is C13H18N2O3. The van der Waals surface area contributed by atoms with E-state index in [0.29, 0.717) is 13.0 Å². The Morgan fingerprint density at radius 2 is 1.89 bits per heavy atom. The van der Waals surface area contributed by atoms with E-state index in [9.17, 15) is 14.4 Å². The summed E-state index contributed by atoms with van der Waals surface area (Å²) in [5.41, 5.74) is -0.354. The van der Waals surface area contributed by atoms with Crippen molar-refractivity contribution in [1.82, 2.24) is 10.2 Å². The summed E-state index contributed by atoms with van der Waals surface area (Å²) in [5, 5.41) is 2.90. The first kappa shape index (κ1) is 12.8. The second kappa shape index (κ2) is 4.55. The number of imide groups is 1. The van der Waals surface area contributed by atoms with E-state index in [2.05, 4.69) is 5.32 Å². The van der Waals surface area contributed by atoms with Gasteiger partial charge in [0.05, 0.1) is 5.41 Å². The van der Waals surface area contributed by atoms with Crippen LogP contribution in [0.4, 0.5) is 0 Å². The van der Waals surface area contributed by atoms with E-state index < -0.39 is 0 Å². The quantitative estimate of drug-likeness (QED) is 0.727. The number of amides is 3. The Hall–Kier alpha value is -1.65. The molecule has 5 heteroatoms. The summed E-state index contributed by atoms with van der Waals surface area (Å²) in [6.45, 7) is 4.17. The summed E-state index contributed by atoms with van der Waals surface area (Å²) in [4.78, 5) is 36.0. The van der Waals surface area contributed by atoms with Gasteiger partial charge in [0.1, 0.15) is 0 Å². The van der Waals surface area contributed by atoms with E-state index >= 15 is 0 Å². The van der Waals surface area contributed by atoms with Gasteiger partial charge < -0.3 is 5.32 Å². The van der Waals surface area contributed by atoms with Crippen molar-refractivity contribution in [1.29, 1.82) is 0 Å². The summed E-state index contributed by atoms with van der Waals surface area (Å²) in [6.07, 6.45) is 4.79. The molecule has 1 heterocycles. The highest BCUT2D eigenvalue weighted by molar-refractivity contribution is 6.12. The number of hydrogen-bond donors (Lipinski definition) is 1. The Balaban J connectivity index is 1.88. The lowest BCUT2D eigenvalue weighted by molar-refractivity contribution is -0.138. The molecule has 0 radical (unpaired) electrons. The van der Waals surface area contributed by atoms with E-state index in [1.165, 1.54) is 17.1 Å². The molecule has 2 rings (SSSR count). The number of carbonyl (C=O) groups is 3. The van der Waals surface area contributed by atoms with Crippen molar-refractivity contribution in [2.24, 2.45) is 5.41 Å². The van der Waals surface area contributed by atoms with Gasteiger partial charge in [0, 0.05) is 24.7 Å². The lowest BCUT2D eigenvalue weighted by Gasteiger charge is -2.20. The zero-order chi connectivity index (χ0) is 13.3. The molecule has 0 aromatic rings. The molecule has 1 N–H and O–H groups in total. The standard InChI is InChI=1S/C13H18N2O3/c1-9(2)14-12(18)13(5-6-13)7-8-15-10(16)3-4-11(15)17/h3-4,9H,5-8H2,1-2H3,(H,14,18). The maximum absolute atomic E-state index is 12.0. The van der Waals surface area contributed by atoms with Crippen LogP contribution in [0.25, 0.3) is 0 Å². The fourth-order valence-corrected chi connectivity index (χ4v) is 2.13. The first-order chi connectivity index (χ1) is 8.44. The minimum Gasteiger partial charge on any atom is -0.353 e. The van der Waals surface area contributed by atoms with E-state index in [1.54, 1.807) is 0 Å². The van der Waals surface area contributed by atoms with Crippen LogP contribution < -0.4 is 5.32 Å². The summed E-state index contributed by atoms with van der Waals surface area (Å²) < 4.78 is 0. The minimum absolute atomic E-state index is 0.0459. The Morgan fingerprint density at radius 1 is 1.33 bits per heavy atom. The Labute approximate surface area is 106 Å². The Kier molecular flexibility index (Phi) is 3.24. The molecule has 0 aromatic heterocycles. The molecule has 0 spiro atoms. The monoisotopic (exact) mass is 250 g/mol. The normalized spacial score (nSPS) is 20.7. The van der Waals surface area contributed by atoms with Crippen molar-refractivity contribution < 1.29 is 14.4 Å². The zero-order valence-corrected chi connectivity index (χ0v) is 10.7. The van der Waals surface area contributed by atoms with Gasteiger partial charge in [0.2, 0.25) is 5.91 Å². The predicted molar refractivity (Wildman–Crippen MR) is 65.4 cm³/mol. The minimum atomic E-state index is -0.354. The van der Waals surface area contributed by atoms with Gasteiger partial charge in [-0.3, -0.25) is 19.3 Å². The maximum atomic E-state index is 12.0. The average Bonchev–Trinajstić information content (AvgIpc) is 3.00. The van der Waals surface area contributed by atoms with Crippen LogP contribution in [0.1, 0.15) is 33.1 Å². The highest BCUT2D eigenvalue weighted by atomic mass is 16.2.